The van der Waals surface area contributed by atoms with Gasteiger partial charge in [-0.3, -0.25) is 4.79 Å². The number of fused-ring (bicyclic) bond motifs is 1. The highest BCUT2D eigenvalue weighted by molar-refractivity contribution is 6.07. The van der Waals surface area contributed by atoms with Gasteiger partial charge >= 0.3 is 0 Å². The molecule has 0 bridgehead atoms. The molecule has 0 fully saturated rings. The van der Waals surface area contributed by atoms with Gasteiger partial charge in [0.1, 0.15) is 35.2 Å². The second-order valence-electron chi connectivity index (χ2n) is 12.0. The van der Waals surface area contributed by atoms with Crippen molar-refractivity contribution >= 4 is 5.78 Å². The number of hydrogen-bond donors (Lipinski definition) is 1. The highest BCUT2D eigenvalue weighted by atomic mass is 16.5. The summed E-state index contributed by atoms with van der Waals surface area (Å²) in [7, 11) is 0. The number of hydrogen-bond acceptors (Lipinski definition) is 6. The van der Waals surface area contributed by atoms with E-state index >= 15 is 0 Å². The van der Waals surface area contributed by atoms with Crippen LogP contribution in [0.25, 0.3) is 0 Å². The van der Waals surface area contributed by atoms with Gasteiger partial charge in [-0.15, -0.1) is 0 Å². The Bertz CT molecular complexity index is 1160. The van der Waals surface area contributed by atoms with E-state index in [4.69, 9.17) is 14.2 Å². The van der Waals surface area contributed by atoms with Gasteiger partial charge in [0.25, 0.3) is 0 Å². The van der Waals surface area contributed by atoms with Crippen LogP contribution >= 0.6 is 0 Å². The largest absolute Gasteiger partial charge is 0.491 e. The van der Waals surface area contributed by atoms with Gasteiger partial charge in [0.15, 0.2) is 5.78 Å². The van der Waals surface area contributed by atoms with Gasteiger partial charge in [-0.25, -0.2) is 0 Å². The number of rotatable bonds is 4. The first-order valence-electron chi connectivity index (χ1n) is 12.1. The van der Waals surface area contributed by atoms with Crippen molar-refractivity contribution in [3.8, 4) is 17.2 Å². The second kappa shape index (κ2) is 8.38. The third-order valence-corrected chi connectivity index (χ3v) is 6.62. The van der Waals surface area contributed by atoms with Crippen molar-refractivity contribution in [3.63, 3.8) is 0 Å². The highest BCUT2D eigenvalue weighted by Gasteiger charge is 2.43. The summed E-state index contributed by atoms with van der Waals surface area (Å²) in [5.74, 6) is 2.76. The molecule has 0 amide bonds. The van der Waals surface area contributed by atoms with Crippen molar-refractivity contribution in [1.82, 2.24) is 5.06 Å². The second-order valence-corrected chi connectivity index (χ2v) is 12.0. The summed E-state index contributed by atoms with van der Waals surface area (Å²) in [5.41, 5.74) is -0.689. The van der Waals surface area contributed by atoms with Crippen molar-refractivity contribution in [3.05, 3.63) is 65.4 Å². The van der Waals surface area contributed by atoms with Crippen molar-refractivity contribution in [2.24, 2.45) is 0 Å². The lowest BCUT2D eigenvalue weighted by atomic mass is 9.75. The summed E-state index contributed by atoms with van der Waals surface area (Å²) < 4.78 is 18.2. The summed E-state index contributed by atoms with van der Waals surface area (Å²) in [5, 5.41) is 11.9. The van der Waals surface area contributed by atoms with Crippen LogP contribution in [0.4, 0.5) is 0 Å². The summed E-state index contributed by atoms with van der Waals surface area (Å²) in [4.78, 5) is 13.5. The first kappa shape index (κ1) is 25.3. The normalized spacial score (nSPS) is 23.7. The van der Waals surface area contributed by atoms with Gasteiger partial charge in [-0.2, -0.15) is 5.06 Å². The van der Waals surface area contributed by atoms with E-state index in [1.807, 2.05) is 91.8 Å². The Morgan fingerprint density at radius 1 is 0.971 bits per heavy atom. The smallest absolute Gasteiger partial charge is 0.180 e. The zero-order chi connectivity index (χ0) is 25.8. The predicted octanol–water partition coefficient (Wildman–Crippen LogP) is 6.31. The van der Waals surface area contributed by atoms with E-state index in [0.717, 1.165) is 11.3 Å². The summed E-state index contributed by atoms with van der Waals surface area (Å²) in [6.07, 6.45) is 2.52. The molecule has 0 saturated heterocycles. The summed E-state index contributed by atoms with van der Waals surface area (Å²) in [6, 6.07) is 13.0. The van der Waals surface area contributed by atoms with Crippen LogP contribution in [0.1, 0.15) is 77.7 Å². The Morgan fingerprint density at radius 3 is 2.20 bits per heavy atom. The van der Waals surface area contributed by atoms with E-state index in [-0.39, 0.29) is 18.0 Å². The number of carbonyl (C=O) groups excluding carboxylic acids is 1. The van der Waals surface area contributed by atoms with Crippen LogP contribution in [-0.4, -0.2) is 39.3 Å². The van der Waals surface area contributed by atoms with Gasteiger partial charge in [-0.05, 0) is 91.3 Å². The first-order chi connectivity index (χ1) is 16.1. The van der Waals surface area contributed by atoms with Gasteiger partial charge < -0.3 is 19.4 Å². The SMILES string of the molecule is CC(C)(C)Oc1ccc2c(c1)OCC(C)(c1ccc(OC3=CC(C)(C)N(O)C(C)(C)C3)cc1)C2=O. The minimum Gasteiger partial charge on any atom is -0.491 e. The molecular weight excluding hydrogens is 442 g/mol. The molecule has 0 spiro atoms. The molecule has 6 nitrogen and oxygen atoms in total. The lowest BCUT2D eigenvalue weighted by molar-refractivity contribution is -0.216. The number of carbonyl (C=O) groups is 1. The minimum atomic E-state index is -0.802. The van der Waals surface area contributed by atoms with Crippen molar-refractivity contribution in [1.29, 1.82) is 0 Å². The summed E-state index contributed by atoms with van der Waals surface area (Å²) in [6.45, 7) is 16.0. The van der Waals surface area contributed by atoms with E-state index in [1.165, 1.54) is 5.06 Å². The Morgan fingerprint density at radius 2 is 1.60 bits per heavy atom. The molecule has 1 N–H and O–H groups in total. The fourth-order valence-corrected chi connectivity index (χ4v) is 4.92. The number of benzene rings is 2. The van der Waals surface area contributed by atoms with Gasteiger partial charge in [0, 0.05) is 18.0 Å². The molecule has 2 aliphatic rings. The molecular formula is C29H37NO5. The molecule has 1 unspecified atom stereocenters. The maximum absolute atomic E-state index is 13.5. The van der Waals surface area contributed by atoms with Crippen LogP contribution < -0.4 is 14.2 Å². The lowest BCUT2D eigenvalue weighted by Crippen LogP contribution is -2.55. The number of ether oxygens (including phenoxy) is 3. The molecule has 0 aromatic heterocycles. The van der Waals surface area contributed by atoms with Gasteiger partial charge in [0.2, 0.25) is 0 Å². The Hall–Kier alpha value is -2.83. The van der Waals surface area contributed by atoms with E-state index in [9.17, 15) is 10.0 Å². The van der Waals surface area contributed by atoms with E-state index in [0.29, 0.717) is 29.2 Å². The van der Waals surface area contributed by atoms with Crippen molar-refractivity contribution in [2.75, 3.05) is 6.61 Å². The van der Waals surface area contributed by atoms with Gasteiger partial charge in [0.05, 0.1) is 16.5 Å². The fourth-order valence-electron chi connectivity index (χ4n) is 4.92. The van der Waals surface area contributed by atoms with Gasteiger partial charge in [-0.1, -0.05) is 12.1 Å². The number of hydroxylamine groups is 2. The molecule has 0 radical (unpaired) electrons. The molecule has 35 heavy (non-hydrogen) atoms. The third kappa shape index (κ3) is 4.95. The fraction of sp³-hybridized carbons (Fsp3) is 0.483. The van der Waals surface area contributed by atoms with E-state index < -0.39 is 16.5 Å². The highest BCUT2D eigenvalue weighted by Crippen LogP contribution is 2.40. The molecule has 4 rings (SSSR count). The monoisotopic (exact) mass is 479 g/mol. The molecule has 1 atom stereocenters. The molecule has 2 aliphatic heterocycles. The number of ketones is 1. The molecule has 6 heteroatoms. The molecule has 2 heterocycles. The predicted molar refractivity (Wildman–Crippen MR) is 136 cm³/mol. The molecule has 2 aromatic carbocycles. The van der Waals surface area contributed by atoms with Crippen LogP contribution in [0.2, 0.25) is 0 Å². The van der Waals surface area contributed by atoms with E-state index in [1.54, 1.807) is 12.1 Å². The zero-order valence-corrected chi connectivity index (χ0v) is 22.1. The van der Waals surface area contributed by atoms with E-state index in [2.05, 4.69) is 0 Å². The topological polar surface area (TPSA) is 68.2 Å². The molecule has 0 aliphatic carbocycles. The average Bonchev–Trinajstić information content (AvgIpc) is 2.74. The Balaban J connectivity index is 1.53. The molecule has 2 aromatic rings. The maximum atomic E-state index is 13.5. The molecule has 0 saturated carbocycles. The first-order valence-corrected chi connectivity index (χ1v) is 12.1. The van der Waals surface area contributed by atoms with Crippen LogP contribution in [0.15, 0.2) is 54.3 Å². The van der Waals surface area contributed by atoms with Crippen LogP contribution in [0.3, 0.4) is 0 Å². The lowest BCUT2D eigenvalue weighted by Gasteiger charge is -2.46. The van der Waals surface area contributed by atoms with Crippen molar-refractivity contribution < 1.29 is 24.2 Å². The maximum Gasteiger partial charge on any atom is 0.180 e. The minimum absolute atomic E-state index is 0.0243. The average molecular weight is 480 g/mol. The standard InChI is InChI=1S/C29H37NO5/c1-26(2,3)35-21-13-14-23-24(15-21)33-18-29(8,25(23)31)19-9-11-20(12-10-19)34-22-16-27(4,5)30(32)28(6,7)17-22/h9-16,32H,17-18H2,1-8H3. The third-order valence-electron chi connectivity index (χ3n) is 6.62. The Kier molecular flexibility index (Phi) is 6.05. The van der Waals surface area contributed by atoms with Crippen LogP contribution in [-0.2, 0) is 5.41 Å². The van der Waals surface area contributed by atoms with Crippen LogP contribution in [0.5, 0.6) is 17.2 Å². The number of nitrogens with zero attached hydrogens (tertiary/aromatic N) is 1. The summed E-state index contributed by atoms with van der Waals surface area (Å²) >= 11 is 0. The molecule has 188 valence electrons. The zero-order valence-electron chi connectivity index (χ0n) is 22.1. The number of Topliss-reactive ketones (excluding diaryl/α,β-unsaturated/α-hetero) is 1. The van der Waals surface area contributed by atoms with Crippen molar-refractivity contribution in [2.45, 2.75) is 83.9 Å². The van der Waals surface area contributed by atoms with Crippen LogP contribution in [0, 0.1) is 0 Å². The quantitative estimate of drug-likeness (QED) is 0.554. The Labute approximate surface area is 208 Å².